The predicted octanol–water partition coefficient (Wildman–Crippen LogP) is 4.71. The lowest BCUT2D eigenvalue weighted by atomic mass is 9.92. The zero-order valence-corrected chi connectivity index (χ0v) is 15.3. The van der Waals surface area contributed by atoms with Crippen LogP contribution in [0.25, 0.3) is 4.85 Å². The van der Waals surface area contributed by atoms with Gasteiger partial charge in [0, 0.05) is 17.9 Å². The molecule has 1 aromatic heterocycles. The van der Waals surface area contributed by atoms with Crippen LogP contribution < -0.4 is 10.1 Å². The molecule has 0 unspecified atom stereocenters. The molecule has 0 aliphatic heterocycles. The Morgan fingerprint density at radius 3 is 2.65 bits per heavy atom. The Kier molecular flexibility index (Phi) is 5.75. The van der Waals surface area contributed by atoms with Gasteiger partial charge in [-0.15, -0.1) is 0 Å². The van der Waals surface area contributed by atoms with Gasteiger partial charge in [-0.25, -0.2) is 4.85 Å². The predicted molar refractivity (Wildman–Crippen MR) is 101 cm³/mol. The number of carbonyl (C=O) groups excluding carboxylic acids is 1. The first-order valence-electron chi connectivity index (χ1n) is 8.62. The fraction of sp³-hybridized carbons (Fsp3) is 0.350. The number of nitrogens with zero attached hydrogens (tertiary/aromatic N) is 2. The highest BCUT2D eigenvalue weighted by molar-refractivity contribution is 6.33. The topological polar surface area (TPSA) is 55.6 Å². The summed E-state index contributed by atoms with van der Waals surface area (Å²) >= 11 is 6.05. The number of hydrogen-bond acceptors (Lipinski definition) is 3. The van der Waals surface area contributed by atoms with Gasteiger partial charge in [0.1, 0.15) is 5.75 Å². The summed E-state index contributed by atoms with van der Waals surface area (Å²) in [6.07, 6.45) is 5.15. The molecule has 1 fully saturated rings. The standard InChI is InChI=1S/C20H20ClN3O2/c1-13-3-4-14(12-23-13)20(25)24-15-5-7-16(8-6-15)26-17-9-10-19(22-2)18(21)11-17/h3-4,9-12,15-16H,5-8H2,1H3,(H,24,25). The van der Waals surface area contributed by atoms with E-state index in [1.54, 1.807) is 30.5 Å². The van der Waals surface area contributed by atoms with Crippen LogP contribution in [0, 0.1) is 13.5 Å². The van der Waals surface area contributed by atoms with Gasteiger partial charge in [-0.05, 0) is 56.9 Å². The van der Waals surface area contributed by atoms with E-state index >= 15 is 0 Å². The Hall–Kier alpha value is -2.58. The first kappa shape index (κ1) is 18.2. The van der Waals surface area contributed by atoms with E-state index in [1.165, 1.54) is 0 Å². The maximum Gasteiger partial charge on any atom is 0.253 e. The van der Waals surface area contributed by atoms with Crippen LogP contribution in [0.3, 0.4) is 0 Å². The van der Waals surface area contributed by atoms with Crippen molar-refractivity contribution in [3.8, 4) is 5.75 Å². The molecule has 0 radical (unpaired) electrons. The maximum atomic E-state index is 12.3. The van der Waals surface area contributed by atoms with Crippen LogP contribution in [0.2, 0.25) is 5.02 Å². The fourth-order valence-electron chi connectivity index (χ4n) is 3.04. The van der Waals surface area contributed by atoms with Crippen LogP contribution in [0.5, 0.6) is 5.75 Å². The lowest BCUT2D eigenvalue weighted by molar-refractivity contribution is 0.0893. The van der Waals surface area contributed by atoms with E-state index in [4.69, 9.17) is 22.9 Å². The van der Waals surface area contributed by atoms with Crippen molar-refractivity contribution in [2.45, 2.75) is 44.8 Å². The van der Waals surface area contributed by atoms with E-state index in [1.807, 2.05) is 13.0 Å². The molecule has 1 aliphatic carbocycles. The number of pyridine rings is 1. The van der Waals surface area contributed by atoms with Gasteiger partial charge < -0.3 is 10.1 Å². The number of amides is 1. The third-order valence-electron chi connectivity index (χ3n) is 4.53. The van der Waals surface area contributed by atoms with Crippen molar-refractivity contribution >= 4 is 23.2 Å². The lowest BCUT2D eigenvalue weighted by Gasteiger charge is -2.29. The summed E-state index contributed by atoms with van der Waals surface area (Å²) < 4.78 is 5.98. The molecule has 1 saturated carbocycles. The minimum atomic E-state index is -0.0802. The molecule has 134 valence electrons. The first-order chi connectivity index (χ1) is 12.5. The molecule has 0 saturated heterocycles. The minimum absolute atomic E-state index is 0.0802. The van der Waals surface area contributed by atoms with Crippen LogP contribution in [0.15, 0.2) is 36.5 Å². The molecule has 1 amide bonds. The average Bonchev–Trinajstić information content (AvgIpc) is 2.64. The molecule has 26 heavy (non-hydrogen) atoms. The molecule has 1 heterocycles. The van der Waals surface area contributed by atoms with E-state index < -0.39 is 0 Å². The van der Waals surface area contributed by atoms with Crippen molar-refractivity contribution in [1.29, 1.82) is 0 Å². The van der Waals surface area contributed by atoms with Crippen LogP contribution in [0.4, 0.5) is 5.69 Å². The van der Waals surface area contributed by atoms with Gasteiger partial charge >= 0.3 is 0 Å². The number of ether oxygens (including phenoxy) is 1. The van der Waals surface area contributed by atoms with Gasteiger partial charge in [0.25, 0.3) is 5.91 Å². The molecule has 5 nitrogen and oxygen atoms in total. The van der Waals surface area contributed by atoms with Crippen LogP contribution in [0.1, 0.15) is 41.7 Å². The fourth-order valence-corrected chi connectivity index (χ4v) is 3.25. The van der Waals surface area contributed by atoms with Gasteiger partial charge in [-0.1, -0.05) is 17.7 Å². The Balaban J connectivity index is 1.49. The van der Waals surface area contributed by atoms with Crippen molar-refractivity contribution in [2.75, 3.05) is 0 Å². The molecular weight excluding hydrogens is 350 g/mol. The molecular formula is C20H20ClN3O2. The molecule has 1 N–H and O–H groups in total. The van der Waals surface area contributed by atoms with E-state index in [0.717, 1.165) is 31.4 Å². The summed E-state index contributed by atoms with van der Waals surface area (Å²) in [5.74, 6) is 0.601. The second-order valence-electron chi connectivity index (χ2n) is 6.48. The number of hydrogen-bond donors (Lipinski definition) is 1. The highest BCUT2D eigenvalue weighted by Gasteiger charge is 2.24. The first-order valence-corrected chi connectivity index (χ1v) is 9.00. The zero-order chi connectivity index (χ0) is 18.5. The van der Waals surface area contributed by atoms with Crippen LogP contribution in [-0.4, -0.2) is 23.0 Å². The largest absolute Gasteiger partial charge is 0.490 e. The van der Waals surface area contributed by atoms with Crippen molar-refractivity contribution in [3.63, 3.8) is 0 Å². The summed E-state index contributed by atoms with van der Waals surface area (Å²) in [5.41, 5.74) is 1.91. The molecule has 0 atom stereocenters. The van der Waals surface area contributed by atoms with Crippen molar-refractivity contribution in [3.05, 3.63) is 64.2 Å². The third kappa shape index (κ3) is 4.53. The van der Waals surface area contributed by atoms with Gasteiger partial charge in [-0.2, -0.15) is 0 Å². The van der Waals surface area contributed by atoms with Gasteiger partial charge in [-0.3, -0.25) is 9.78 Å². The van der Waals surface area contributed by atoms with E-state index in [0.29, 0.717) is 22.0 Å². The smallest absolute Gasteiger partial charge is 0.253 e. The Morgan fingerprint density at radius 1 is 1.27 bits per heavy atom. The Labute approximate surface area is 158 Å². The van der Waals surface area contributed by atoms with E-state index in [2.05, 4.69) is 15.1 Å². The minimum Gasteiger partial charge on any atom is -0.490 e. The number of carbonyl (C=O) groups is 1. The van der Waals surface area contributed by atoms with Gasteiger partial charge in [0.2, 0.25) is 5.69 Å². The summed E-state index contributed by atoms with van der Waals surface area (Å²) in [6, 6.07) is 8.92. The second-order valence-corrected chi connectivity index (χ2v) is 6.89. The monoisotopic (exact) mass is 369 g/mol. The summed E-state index contributed by atoms with van der Waals surface area (Å²) in [5, 5.41) is 3.48. The molecule has 3 rings (SSSR count). The second kappa shape index (κ2) is 8.20. The van der Waals surface area contributed by atoms with E-state index in [9.17, 15) is 4.79 Å². The molecule has 1 aromatic carbocycles. The molecule has 6 heteroatoms. The number of aryl methyl sites for hydroxylation is 1. The summed E-state index contributed by atoms with van der Waals surface area (Å²) in [6.45, 7) is 8.91. The molecule has 1 aliphatic rings. The highest BCUT2D eigenvalue weighted by Crippen LogP contribution is 2.31. The third-order valence-corrected chi connectivity index (χ3v) is 4.83. The number of benzene rings is 1. The van der Waals surface area contributed by atoms with Gasteiger partial charge in [0.15, 0.2) is 0 Å². The Bertz CT molecular complexity index is 822. The Morgan fingerprint density at radius 2 is 2.04 bits per heavy atom. The SMILES string of the molecule is [C-]#[N+]c1ccc(OC2CCC(NC(=O)c3ccc(C)nc3)CC2)cc1Cl. The molecule has 0 bridgehead atoms. The van der Waals surface area contributed by atoms with Crippen molar-refractivity contribution < 1.29 is 9.53 Å². The number of halogens is 1. The van der Waals surface area contributed by atoms with Crippen LogP contribution in [-0.2, 0) is 0 Å². The van der Waals surface area contributed by atoms with Crippen molar-refractivity contribution in [1.82, 2.24) is 10.3 Å². The van der Waals surface area contributed by atoms with Gasteiger partial charge in [0.05, 0.1) is 23.3 Å². The number of rotatable bonds is 4. The zero-order valence-electron chi connectivity index (χ0n) is 14.5. The molecule has 2 aromatic rings. The highest BCUT2D eigenvalue weighted by atomic mass is 35.5. The van der Waals surface area contributed by atoms with Crippen LogP contribution >= 0.6 is 11.6 Å². The molecule has 0 spiro atoms. The lowest BCUT2D eigenvalue weighted by Crippen LogP contribution is -2.39. The summed E-state index contributed by atoms with van der Waals surface area (Å²) in [7, 11) is 0. The van der Waals surface area contributed by atoms with Crippen molar-refractivity contribution in [2.24, 2.45) is 0 Å². The quantitative estimate of drug-likeness (QED) is 0.794. The maximum absolute atomic E-state index is 12.3. The number of aromatic nitrogens is 1. The average molecular weight is 370 g/mol. The summed E-state index contributed by atoms with van der Waals surface area (Å²) in [4.78, 5) is 19.8. The normalized spacial score (nSPS) is 19.4. The number of nitrogens with one attached hydrogen (secondary N) is 1. The van der Waals surface area contributed by atoms with E-state index in [-0.39, 0.29) is 18.1 Å².